The standard InChI is InChI=1S/C15H22N2O/c1-4-8-12(2)15(18)17(3)11-14(16)13-9-6-5-7-10-13/h4-7,9-10,12,14H,1,8,11,16H2,2-3H3/t12-,14+/m1/s1. The number of allylic oxidation sites excluding steroid dienone is 1. The summed E-state index contributed by atoms with van der Waals surface area (Å²) in [7, 11) is 1.80. The highest BCUT2D eigenvalue weighted by molar-refractivity contribution is 5.78. The average molecular weight is 246 g/mol. The lowest BCUT2D eigenvalue weighted by atomic mass is 10.0. The van der Waals surface area contributed by atoms with E-state index in [4.69, 9.17) is 5.73 Å². The molecule has 0 fully saturated rings. The molecule has 1 aromatic carbocycles. The van der Waals surface area contributed by atoms with Crippen molar-refractivity contribution in [1.82, 2.24) is 4.90 Å². The Hall–Kier alpha value is -1.61. The van der Waals surface area contributed by atoms with Gasteiger partial charge in [-0.15, -0.1) is 6.58 Å². The van der Waals surface area contributed by atoms with Crippen LogP contribution in [0.25, 0.3) is 0 Å². The van der Waals surface area contributed by atoms with Crippen molar-refractivity contribution in [2.24, 2.45) is 11.7 Å². The van der Waals surface area contributed by atoms with Crippen molar-refractivity contribution in [1.29, 1.82) is 0 Å². The van der Waals surface area contributed by atoms with Gasteiger partial charge >= 0.3 is 0 Å². The summed E-state index contributed by atoms with van der Waals surface area (Å²) in [5.74, 6) is 0.0803. The van der Waals surface area contributed by atoms with E-state index in [1.807, 2.05) is 37.3 Å². The molecule has 3 heteroatoms. The lowest BCUT2D eigenvalue weighted by molar-refractivity contribution is -0.133. The molecule has 0 spiro atoms. The van der Waals surface area contributed by atoms with Crippen molar-refractivity contribution in [3.05, 3.63) is 48.6 Å². The van der Waals surface area contributed by atoms with Gasteiger partial charge in [0.05, 0.1) is 0 Å². The highest BCUT2D eigenvalue weighted by Gasteiger charge is 2.18. The molecule has 18 heavy (non-hydrogen) atoms. The Kier molecular flexibility index (Phi) is 5.59. The Labute approximate surface area is 109 Å². The lowest BCUT2D eigenvalue weighted by Crippen LogP contribution is -2.37. The van der Waals surface area contributed by atoms with Crippen LogP contribution in [0.4, 0.5) is 0 Å². The Morgan fingerprint density at radius 1 is 1.44 bits per heavy atom. The number of hydrogen-bond donors (Lipinski definition) is 1. The summed E-state index contributed by atoms with van der Waals surface area (Å²) in [4.78, 5) is 13.7. The van der Waals surface area contributed by atoms with E-state index < -0.39 is 0 Å². The van der Waals surface area contributed by atoms with Gasteiger partial charge in [-0.05, 0) is 12.0 Å². The monoisotopic (exact) mass is 246 g/mol. The molecule has 0 saturated carbocycles. The van der Waals surface area contributed by atoms with E-state index >= 15 is 0 Å². The van der Waals surface area contributed by atoms with Crippen LogP contribution in [0.2, 0.25) is 0 Å². The van der Waals surface area contributed by atoms with E-state index in [1.54, 1.807) is 18.0 Å². The molecule has 0 heterocycles. The van der Waals surface area contributed by atoms with Gasteiger partial charge in [-0.2, -0.15) is 0 Å². The average Bonchev–Trinajstić information content (AvgIpc) is 2.39. The Balaban J connectivity index is 2.56. The minimum absolute atomic E-state index is 0.0320. The van der Waals surface area contributed by atoms with E-state index in [0.717, 1.165) is 5.56 Å². The molecule has 2 atom stereocenters. The van der Waals surface area contributed by atoms with E-state index in [9.17, 15) is 4.79 Å². The maximum absolute atomic E-state index is 12.0. The van der Waals surface area contributed by atoms with Crippen molar-refractivity contribution in [2.45, 2.75) is 19.4 Å². The van der Waals surface area contributed by atoms with E-state index in [1.165, 1.54) is 0 Å². The maximum atomic E-state index is 12.0. The third-order valence-electron chi connectivity index (χ3n) is 3.02. The van der Waals surface area contributed by atoms with Crippen molar-refractivity contribution >= 4 is 5.91 Å². The van der Waals surface area contributed by atoms with Crippen LogP contribution < -0.4 is 5.73 Å². The molecule has 0 radical (unpaired) electrons. The summed E-state index contributed by atoms with van der Waals surface area (Å²) in [6.45, 7) is 6.10. The summed E-state index contributed by atoms with van der Waals surface area (Å²) >= 11 is 0. The summed E-state index contributed by atoms with van der Waals surface area (Å²) in [6.07, 6.45) is 2.47. The van der Waals surface area contributed by atoms with Gasteiger partial charge in [0.25, 0.3) is 0 Å². The van der Waals surface area contributed by atoms with Crippen LogP contribution in [0.5, 0.6) is 0 Å². The fourth-order valence-corrected chi connectivity index (χ4v) is 1.92. The predicted molar refractivity (Wildman–Crippen MR) is 75.0 cm³/mol. The SMILES string of the molecule is C=CC[C@@H](C)C(=O)N(C)C[C@H](N)c1ccccc1. The smallest absolute Gasteiger partial charge is 0.225 e. The van der Waals surface area contributed by atoms with Gasteiger partial charge in [0.2, 0.25) is 5.91 Å². The second kappa shape index (κ2) is 6.97. The van der Waals surface area contributed by atoms with Gasteiger partial charge in [0, 0.05) is 25.6 Å². The molecule has 0 saturated heterocycles. The minimum Gasteiger partial charge on any atom is -0.344 e. The normalized spacial score (nSPS) is 13.7. The number of rotatable bonds is 6. The molecule has 0 aromatic heterocycles. The first-order valence-electron chi connectivity index (χ1n) is 6.22. The van der Waals surface area contributed by atoms with Gasteiger partial charge in [-0.3, -0.25) is 4.79 Å². The van der Waals surface area contributed by atoms with Crippen molar-refractivity contribution in [3.8, 4) is 0 Å². The molecule has 98 valence electrons. The first kappa shape index (κ1) is 14.5. The molecular formula is C15H22N2O. The number of nitrogens with zero attached hydrogens (tertiary/aromatic N) is 1. The quantitative estimate of drug-likeness (QED) is 0.783. The van der Waals surface area contributed by atoms with Crippen LogP contribution in [0.15, 0.2) is 43.0 Å². The second-order valence-electron chi connectivity index (χ2n) is 4.66. The van der Waals surface area contributed by atoms with Crippen LogP contribution in [0.1, 0.15) is 24.9 Å². The summed E-state index contributed by atoms with van der Waals surface area (Å²) in [5, 5.41) is 0. The summed E-state index contributed by atoms with van der Waals surface area (Å²) in [6, 6.07) is 9.69. The van der Waals surface area contributed by atoms with Gasteiger partial charge in [-0.1, -0.05) is 43.3 Å². The van der Waals surface area contributed by atoms with Crippen molar-refractivity contribution < 1.29 is 4.79 Å². The van der Waals surface area contributed by atoms with Crippen LogP contribution in [0, 0.1) is 5.92 Å². The van der Waals surface area contributed by atoms with E-state index in [-0.39, 0.29) is 17.9 Å². The Morgan fingerprint density at radius 3 is 2.61 bits per heavy atom. The molecule has 0 bridgehead atoms. The molecule has 1 amide bonds. The molecule has 2 N–H and O–H groups in total. The summed E-state index contributed by atoms with van der Waals surface area (Å²) in [5.41, 5.74) is 7.14. The number of benzene rings is 1. The second-order valence-corrected chi connectivity index (χ2v) is 4.66. The molecule has 0 aliphatic rings. The largest absolute Gasteiger partial charge is 0.344 e. The van der Waals surface area contributed by atoms with Crippen LogP contribution in [-0.2, 0) is 4.79 Å². The van der Waals surface area contributed by atoms with Crippen LogP contribution >= 0.6 is 0 Å². The van der Waals surface area contributed by atoms with E-state index in [2.05, 4.69) is 6.58 Å². The zero-order chi connectivity index (χ0) is 13.5. The van der Waals surface area contributed by atoms with Gasteiger partial charge in [0.15, 0.2) is 0 Å². The predicted octanol–water partition coefficient (Wildman–Crippen LogP) is 2.36. The third-order valence-corrected chi connectivity index (χ3v) is 3.02. The highest BCUT2D eigenvalue weighted by atomic mass is 16.2. The fourth-order valence-electron chi connectivity index (χ4n) is 1.92. The first-order chi connectivity index (χ1) is 8.56. The third kappa shape index (κ3) is 4.00. The number of carbonyl (C=O) groups is 1. The molecular weight excluding hydrogens is 224 g/mol. The van der Waals surface area contributed by atoms with E-state index in [0.29, 0.717) is 13.0 Å². The molecule has 3 nitrogen and oxygen atoms in total. The van der Waals surface area contributed by atoms with Crippen LogP contribution in [-0.4, -0.2) is 24.4 Å². The molecule has 0 aliphatic carbocycles. The lowest BCUT2D eigenvalue weighted by Gasteiger charge is -2.24. The summed E-state index contributed by atoms with van der Waals surface area (Å²) < 4.78 is 0. The van der Waals surface area contributed by atoms with Gasteiger partial charge < -0.3 is 10.6 Å². The zero-order valence-corrected chi connectivity index (χ0v) is 11.2. The van der Waals surface area contributed by atoms with Gasteiger partial charge in [0.1, 0.15) is 0 Å². The topological polar surface area (TPSA) is 46.3 Å². The number of likely N-dealkylation sites (N-methyl/N-ethyl adjacent to an activating group) is 1. The molecule has 1 aromatic rings. The number of hydrogen-bond acceptors (Lipinski definition) is 2. The van der Waals surface area contributed by atoms with Crippen LogP contribution in [0.3, 0.4) is 0 Å². The Morgan fingerprint density at radius 2 is 2.06 bits per heavy atom. The molecule has 1 rings (SSSR count). The highest BCUT2D eigenvalue weighted by Crippen LogP contribution is 2.13. The molecule has 0 unspecified atom stereocenters. The number of nitrogens with two attached hydrogens (primary N) is 1. The fraction of sp³-hybridized carbons (Fsp3) is 0.400. The number of amides is 1. The van der Waals surface area contributed by atoms with Gasteiger partial charge in [-0.25, -0.2) is 0 Å². The minimum atomic E-state index is -0.143. The molecule has 0 aliphatic heterocycles. The number of carbonyl (C=O) groups excluding carboxylic acids is 1. The zero-order valence-electron chi connectivity index (χ0n) is 11.2. The first-order valence-corrected chi connectivity index (χ1v) is 6.22. The van der Waals surface area contributed by atoms with Crippen molar-refractivity contribution in [3.63, 3.8) is 0 Å². The maximum Gasteiger partial charge on any atom is 0.225 e. The Bertz CT molecular complexity index is 389. The van der Waals surface area contributed by atoms with Crippen molar-refractivity contribution in [2.75, 3.05) is 13.6 Å².